The van der Waals surface area contributed by atoms with Gasteiger partial charge in [-0.1, -0.05) is 0 Å². The summed E-state index contributed by atoms with van der Waals surface area (Å²) in [5.41, 5.74) is 0. The molecule has 1 saturated carbocycles. The normalized spacial score (nSPS) is 28.2. The van der Waals surface area contributed by atoms with Crippen LogP contribution in [0.15, 0.2) is 0 Å². The first-order valence-electron chi connectivity index (χ1n) is 9.30. The van der Waals surface area contributed by atoms with Crippen LogP contribution in [0.4, 0.5) is 0 Å². The lowest BCUT2D eigenvalue weighted by molar-refractivity contribution is -0.123. The molecule has 0 aromatic carbocycles. The minimum atomic E-state index is 0.0212. The van der Waals surface area contributed by atoms with Crippen LogP contribution in [0, 0.1) is 5.92 Å². The summed E-state index contributed by atoms with van der Waals surface area (Å²) in [4.78, 5) is 14.6. The Hall–Kier alpha value is -1.54. The summed E-state index contributed by atoms with van der Waals surface area (Å²) >= 11 is 0. The van der Waals surface area contributed by atoms with Crippen molar-refractivity contribution in [1.82, 2.24) is 35.7 Å². The van der Waals surface area contributed by atoms with Crippen LogP contribution in [0.3, 0.4) is 0 Å². The van der Waals surface area contributed by atoms with Crippen LogP contribution >= 0.6 is 0 Å². The third-order valence-electron chi connectivity index (χ3n) is 5.36. The van der Waals surface area contributed by atoms with Gasteiger partial charge in [-0.2, -0.15) is 0 Å². The molecule has 2 aliphatic heterocycles. The summed E-state index contributed by atoms with van der Waals surface area (Å²) in [5, 5.41) is 18.6. The molecule has 8 nitrogen and oxygen atoms in total. The van der Waals surface area contributed by atoms with Gasteiger partial charge >= 0.3 is 0 Å². The molecule has 8 heteroatoms. The molecule has 1 aromatic heterocycles. The van der Waals surface area contributed by atoms with Gasteiger partial charge in [0.2, 0.25) is 5.91 Å². The molecule has 1 aliphatic carbocycles. The molecule has 2 atom stereocenters. The Balaban J connectivity index is 1.26. The van der Waals surface area contributed by atoms with E-state index in [1.54, 1.807) is 0 Å². The van der Waals surface area contributed by atoms with Crippen LogP contribution in [0.25, 0.3) is 0 Å². The first-order valence-corrected chi connectivity index (χ1v) is 9.30. The fraction of sp³-hybridized carbons (Fsp3) is 0.875. The predicted molar refractivity (Wildman–Crippen MR) is 88.1 cm³/mol. The van der Waals surface area contributed by atoms with Crippen LogP contribution in [0.5, 0.6) is 0 Å². The van der Waals surface area contributed by atoms with Gasteiger partial charge in [-0.25, -0.2) is 4.68 Å². The van der Waals surface area contributed by atoms with E-state index < -0.39 is 0 Å². The van der Waals surface area contributed by atoms with Gasteiger partial charge in [0, 0.05) is 13.1 Å². The van der Waals surface area contributed by atoms with Crippen LogP contribution in [-0.4, -0.2) is 63.2 Å². The molecule has 3 fully saturated rings. The van der Waals surface area contributed by atoms with E-state index in [1.165, 1.54) is 25.7 Å². The number of aromatic nitrogens is 4. The minimum absolute atomic E-state index is 0.0212. The molecule has 0 radical (unpaired) electrons. The van der Waals surface area contributed by atoms with Gasteiger partial charge < -0.3 is 10.6 Å². The third-order valence-corrected chi connectivity index (χ3v) is 5.36. The van der Waals surface area contributed by atoms with E-state index in [-0.39, 0.29) is 11.9 Å². The Morgan fingerprint density at radius 1 is 1.25 bits per heavy atom. The molecule has 1 amide bonds. The molecule has 132 valence electrons. The summed E-state index contributed by atoms with van der Waals surface area (Å²) < 4.78 is 2.00. The molecule has 3 heterocycles. The van der Waals surface area contributed by atoms with Crippen molar-refractivity contribution in [2.45, 2.75) is 57.2 Å². The van der Waals surface area contributed by atoms with E-state index in [4.69, 9.17) is 0 Å². The van der Waals surface area contributed by atoms with E-state index in [2.05, 4.69) is 31.1 Å². The number of nitrogens with one attached hydrogen (secondary N) is 2. The van der Waals surface area contributed by atoms with Crippen molar-refractivity contribution in [3.05, 3.63) is 5.82 Å². The van der Waals surface area contributed by atoms with Crippen molar-refractivity contribution in [2.24, 2.45) is 5.92 Å². The van der Waals surface area contributed by atoms with Crippen molar-refractivity contribution in [3.8, 4) is 0 Å². The highest BCUT2D eigenvalue weighted by atomic mass is 16.2. The monoisotopic (exact) mass is 333 g/mol. The summed E-state index contributed by atoms with van der Waals surface area (Å²) in [6.07, 6.45) is 6.82. The van der Waals surface area contributed by atoms with Gasteiger partial charge in [0.05, 0.1) is 18.6 Å². The van der Waals surface area contributed by atoms with Crippen molar-refractivity contribution in [3.63, 3.8) is 0 Å². The molecule has 3 aliphatic rings. The maximum atomic E-state index is 12.1. The smallest absolute Gasteiger partial charge is 0.237 e. The van der Waals surface area contributed by atoms with Crippen LogP contribution in [0.1, 0.15) is 50.4 Å². The maximum Gasteiger partial charge on any atom is 0.237 e. The van der Waals surface area contributed by atoms with Crippen LogP contribution in [-0.2, 0) is 11.3 Å². The lowest BCUT2D eigenvalue weighted by Gasteiger charge is -2.32. The molecule has 0 spiro atoms. The Morgan fingerprint density at radius 2 is 2.17 bits per heavy atom. The largest absolute Gasteiger partial charge is 0.354 e. The Kier molecular flexibility index (Phi) is 4.75. The third kappa shape index (κ3) is 3.75. The number of carbonyl (C=O) groups excluding carboxylic acids is 1. The van der Waals surface area contributed by atoms with Gasteiger partial charge in [0.15, 0.2) is 5.82 Å². The number of tetrazole rings is 1. The first kappa shape index (κ1) is 16.0. The van der Waals surface area contributed by atoms with Crippen LogP contribution < -0.4 is 10.6 Å². The zero-order valence-corrected chi connectivity index (χ0v) is 14.2. The van der Waals surface area contributed by atoms with Gasteiger partial charge in [-0.15, -0.1) is 5.10 Å². The minimum Gasteiger partial charge on any atom is -0.354 e. The quantitative estimate of drug-likeness (QED) is 0.767. The van der Waals surface area contributed by atoms with Gasteiger partial charge in [-0.3, -0.25) is 9.69 Å². The first-order chi connectivity index (χ1) is 11.8. The number of carbonyl (C=O) groups is 1. The van der Waals surface area contributed by atoms with E-state index in [1.807, 2.05) is 4.68 Å². The molecule has 2 N–H and O–H groups in total. The van der Waals surface area contributed by atoms with Crippen molar-refractivity contribution in [1.29, 1.82) is 0 Å². The molecule has 2 saturated heterocycles. The van der Waals surface area contributed by atoms with Gasteiger partial charge in [0.25, 0.3) is 0 Å². The zero-order valence-electron chi connectivity index (χ0n) is 14.2. The van der Waals surface area contributed by atoms with Crippen molar-refractivity contribution in [2.75, 3.05) is 26.2 Å². The molecule has 0 bridgehead atoms. The number of rotatable bonds is 6. The fourth-order valence-corrected chi connectivity index (χ4v) is 3.86. The second-order valence-electron chi connectivity index (χ2n) is 7.41. The second-order valence-corrected chi connectivity index (χ2v) is 7.41. The lowest BCUT2D eigenvalue weighted by Crippen LogP contribution is -2.45. The number of likely N-dealkylation sites (tertiary alicyclic amines) is 1. The molecule has 1 aromatic rings. The van der Waals surface area contributed by atoms with Crippen LogP contribution in [0.2, 0.25) is 0 Å². The highest BCUT2D eigenvalue weighted by molar-refractivity contribution is 5.81. The molecular formula is C16H27N7O. The summed E-state index contributed by atoms with van der Waals surface area (Å²) in [6.45, 7) is 4.66. The lowest BCUT2D eigenvalue weighted by atomic mass is 9.98. The number of piperidine rings is 1. The van der Waals surface area contributed by atoms with E-state index in [0.29, 0.717) is 12.0 Å². The highest BCUT2D eigenvalue weighted by Gasteiger charge is 2.29. The molecule has 2 unspecified atom stereocenters. The molecule has 4 rings (SSSR count). The summed E-state index contributed by atoms with van der Waals surface area (Å²) in [5.74, 6) is 1.67. The maximum absolute atomic E-state index is 12.1. The van der Waals surface area contributed by atoms with Crippen molar-refractivity contribution >= 4 is 5.91 Å². The predicted octanol–water partition coefficient (Wildman–Crippen LogP) is 0.0882. The topological polar surface area (TPSA) is 88.0 Å². The average Bonchev–Trinajstić information content (AvgIpc) is 3.10. The average molecular weight is 333 g/mol. The fourth-order valence-electron chi connectivity index (χ4n) is 3.86. The summed E-state index contributed by atoms with van der Waals surface area (Å²) in [6, 6.07) is 0.543. The number of hydrogen-bond donors (Lipinski definition) is 2. The SMILES string of the molecule is O=C(NCC1CCCN(Cc2nnnn2C2CC2)C1)C1CCCN1. The Labute approximate surface area is 142 Å². The number of amides is 1. The summed E-state index contributed by atoms with van der Waals surface area (Å²) in [7, 11) is 0. The standard InChI is InChI=1S/C16H27N7O/c24-16(14-4-1-7-17-14)18-9-12-3-2-8-22(10-12)11-15-19-20-21-23(15)13-5-6-13/h12-14,17H,1-11H2,(H,18,24). The molecular weight excluding hydrogens is 306 g/mol. The number of nitrogens with zero attached hydrogens (tertiary/aromatic N) is 5. The highest BCUT2D eigenvalue weighted by Crippen LogP contribution is 2.34. The van der Waals surface area contributed by atoms with Gasteiger partial charge in [0.1, 0.15) is 0 Å². The van der Waals surface area contributed by atoms with Crippen molar-refractivity contribution < 1.29 is 4.79 Å². The van der Waals surface area contributed by atoms with E-state index in [0.717, 1.165) is 51.4 Å². The van der Waals surface area contributed by atoms with Gasteiger partial charge in [-0.05, 0) is 68.0 Å². The Bertz CT molecular complexity index is 565. The van der Waals surface area contributed by atoms with E-state index in [9.17, 15) is 4.79 Å². The van der Waals surface area contributed by atoms with E-state index >= 15 is 0 Å². The second kappa shape index (κ2) is 7.14. The zero-order chi connectivity index (χ0) is 16.4. The molecule has 24 heavy (non-hydrogen) atoms. The Morgan fingerprint density at radius 3 is 2.96 bits per heavy atom. The number of hydrogen-bond acceptors (Lipinski definition) is 6.